The smallest absolute Gasteiger partial charge is 0.387 e. The van der Waals surface area contributed by atoms with Gasteiger partial charge in [0.25, 0.3) is 5.91 Å². The summed E-state index contributed by atoms with van der Waals surface area (Å²) in [7, 11) is 3.66. The maximum absolute atomic E-state index is 12.4. The Balaban J connectivity index is 2.10. The second-order valence-electron chi connectivity index (χ2n) is 5.21. The normalized spacial score (nSPS) is 22.1. The van der Waals surface area contributed by atoms with E-state index >= 15 is 0 Å². The second kappa shape index (κ2) is 6.36. The molecule has 1 aromatic carbocycles. The van der Waals surface area contributed by atoms with Crippen molar-refractivity contribution in [1.29, 1.82) is 0 Å². The summed E-state index contributed by atoms with van der Waals surface area (Å²) in [5.74, 6) is -0.363. The largest absolute Gasteiger partial charge is 0.435 e. The average molecular weight is 300 g/mol. The van der Waals surface area contributed by atoms with Crippen LogP contribution in [0.15, 0.2) is 24.3 Å². The van der Waals surface area contributed by atoms with E-state index in [1.807, 2.05) is 19.0 Å². The van der Waals surface area contributed by atoms with E-state index in [9.17, 15) is 18.7 Å². The monoisotopic (exact) mass is 300 g/mol. The molecule has 1 aliphatic heterocycles. The van der Waals surface area contributed by atoms with E-state index in [4.69, 9.17) is 0 Å². The number of hydrogen-bond acceptors (Lipinski definition) is 4. The fourth-order valence-corrected chi connectivity index (χ4v) is 2.43. The van der Waals surface area contributed by atoms with Gasteiger partial charge in [-0.05, 0) is 32.3 Å². The number of alkyl halides is 2. The molecule has 0 saturated carbocycles. The topological polar surface area (TPSA) is 53.0 Å². The number of rotatable bonds is 4. The van der Waals surface area contributed by atoms with Crippen LogP contribution < -0.4 is 4.74 Å². The molecule has 1 N–H and O–H groups in total. The van der Waals surface area contributed by atoms with Crippen LogP contribution in [-0.4, -0.2) is 66.8 Å². The van der Waals surface area contributed by atoms with E-state index in [1.54, 1.807) is 0 Å². The van der Waals surface area contributed by atoms with Gasteiger partial charge in [-0.3, -0.25) is 4.79 Å². The van der Waals surface area contributed by atoms with Crippen molar-refractivity contribution in [3.63, 3.8) is 0 Å². The fourth-order valence-electron chi connectivity index (χ4n) is 2.43. The lowest BCUT2D eigenvalue weighted by Gasteiger charge is -2.21. The summed E-state index contributed by atoms with van der Waals surface area (Å²) in [6.45, 7) is -2.31. The highest BCUT2D eigenvalue weighted by atomic mass is 19.3. The predicted molar refractivity (Wildman–Crippen MR) is 72.5 cm³/mol. The van der Waals surface area contributed by atoms with E-state index in [2.05, 4.69) is 4.74 Å². The van der Waals surface area contributed by atoms with Crippen LogP contribution in [0, 0.1) is 0 Å². The number of aliphatic hydroxyl groups is 1. The molecule has 0 aliphatic carbocycles. The number of likely N-dealkylation sites (N-methyl/N-ethyl adjacent to an activating group) is 1. The molecule has 21 heavy (non-hydrogen) atoms. The van der Waals surface area contributed by atoms with E-state index in [0.717, 1.165) is 0 Å². The molecule has 5 nitrogen and oxygen atoms in total. The lowest BCUT2D eigenvalue weighted by Crippen LogP contribution is -2.38. The fraction of sp³-hybridized carbons (Fsp3) is 0.500. The van der Waals surface area contributed by atoms with Gasteiger partial charge in [0.2, 0.25) is 0 Å². The summed E-state index contributed by atoms with van der Waals surface area (Å²) >= 11 is 0. The van der Waals surface area contributed by atoms with Gasteiger partial charge in [-0.15, -0.1) is 0 Å². The number of β-amino-alcohol motifs (C(OH)–C–C–N with tert-alkyl or cyclic N) is 1. The molecule has 2 atom stereocenters. The second-order valence-corrected chi connectivity index (χ2v) is 5.21. The molecule has 1 amide bonds. The van der Waals surface area contributed by atoms with Crippen LogP contribution in [-0.2, 0) is 0 Å². The molecule has 0 aromatic heterocycles. The number of hydrogen-bond donors (Lipinski definition) is 1. The number of aliphatic hydroxyl groups excluding tert-OH is 1. The number of carbonyl (C=O) groups excluding carboxylic acids is 1. The SMILES string of the molecule is CN(C)[C@H]1CN(C(=O)c2cccc(OC(F)F)c2)C[C@@H]1O. The zero-order valence-corrected chi connectivity index (χ0v) is 11.9. The standard InChI is InChI=1S/C14H18F2N2O3/c1-17(2)11-7-18(8-12(11)19)13(20)9-4-3-5-10(6-9)21-14(15)16/h3-6,11-12,14,19H,7-8H2,1-2H3/t11-,12-/m0/s1. The van der Waals surface area contributed by atoms with Crippen LogP contribution in [0.4, 0.5) is 8.78 Å². The van der Waals surface area contributed by atoms with Crippen LogP contribution in [0.3, 0.4) is 0 Å². The summed E-state index contributed by atoms with van der Waals surface area (Å²) in [6.07, 6.45) is -0.621. The Morgan fingerprint density at radius 3 is 2.71 bits per heavy atom. The van der Waals surface area contributed by atoms with Gasteiger partial charge in [-0.1, -0.05) is 6.07 Å². The molecular formula is C14H18F2N2O3. The number of ether oxygens (including phenoxy) is 1. The average Bonchev–Trinajstić information content (AvgIpc) is 2.79. The van der Waals surface area contributed by atoms with Crippen LogP contribution >= 0.6 is 0 Å². The first kappa shape index (κ1) is 15.7. The van der Waals surface area contributed by atoms with Crippen molar-refractivity contribution in [2.75, 3.05) is 27.2 Å². The van der Waals surface area contributed by atoms with Crippen LogP contribution in [0.2, 0.25) is 0 Å². The van der Waals surface area contributed by atoms with Gasteiger partial charge in [0.15, 0.2) is 0 Å². The third-order valence-electron chi connectivity index (χ3n) is 3.52. The minimum absolute atomic E-state index is 0.0558. The molecule has 1 aliphatic rings. The summed E-state index contributed by atoms with van der Waals surface area (Å²) in [5, 5.41) is 9.94. The van der Waals surface area contributed by atoms with Crippen molar-refractivity contribution < 1.29 is 23.4 Å². The van der Waals surface area contributed by atoms with Crippen molar-refractivity contribution in [3.8, 4) is 5.75 Å². The molecule has 0 spiro atoms. The van der Waals surface area contributed by atoms with Gasteiger partial charge in [-0.2, -0.15) is 8.78 Å². The van der Waals surface area contributed by atoms with E-state index in [0.29, 0.717) is 6.54 Å². The van der Waals surface area contributed by atoms with Gasteiger partial charge in [0.1, 0.15) is 5.75 Å². The Bertz CT molecular complexity index is 511. The lowest BCUT2D eigenvalue weighted by atomic mass is 10.2. The zero-order chi connectivity index (χ0) is 15.6. The molecule has 0 unspecified atom stereocenters. The summed E-state index contributed by atoms with van der Waals surface area (Å²) in [5.41, 5.74) is 0.264. The van der Waals surface area contributed by atoms with E-state index in [-0.39, 0.29) is 29.8 Å². The minimum atomic E-state index is -2.93. The summed E-state index contributed by atoms with van der Waals surface area (Å²) in [4.78, 5) is 15.7. The molecule has 7 heteroatoms. The first-order valence-electron chi connectivity index (χ1n) is 6.57. The van der Waals surface area contributed by atoms with Crippen molar-refractivity contribution in [2.45, 2.75) is 18.8 Å². The zero-order valence-electron chi connectivity index (χ0n) is 11.9. The Kier molecular flexibility index (Phi) is 4.74. The number of carbonyl (C=O) groups is 1. The molecule has 1 fully saturated rings. The maximum Gasteiger partial charge on any atom is 0.387 e. The molecule has 1 heterocycles. The Labute approximate surface area is 121 Å². The first-order valence-corrected chi connectivity index (χ1v) is 6.57. The van der Waals surface area contributed by atoms with E-state index in [1.165, 1.54) is 29.2 Å². The Morgan fingerprint density at radius 1 is 1.43 bits per heavy atom. The van der Waals surface area contributed by atoms with Crippen LogP contribution in [0.1, 0.15) is 10.4 Å². The van der Waals surface area contributed by atoms with Crippen molar-refractivity contribution in [2.24, 2.45) is 0 Å². The van der Waals surface area contributed by atoms with Gasteiger partial charge < -0.3 is 19.6 Å². The van der Waals surface area contributed by atoms with Crippen molar-refractivity contribution in [3.05, 3.63) is 29.8 Å². The summed E-state index contributed by atoms with van der Waals surface area (Å²) in [6, 6.07) is 5.54. The first-order chi connectivity index (χ1) is 9.88. The molecule has 116 valence electrons. The van der Waals surface area contributed by atoms with Crippen molar-refractivity contribution in [1.82, 2.24) is 9.80 Å². The van der Waals surface area contributed by atoms with Gasteiger partial charge in [-0.25, -0.2) is 0 Å². The molecule has 1 aromatic rings. The quantitative estimate of drug-likeness (QED) is 0.902. The Hall–Kier alpha value is -1.73. The number of amides is 1. The number of likely N-dealkylation sites (tertiary alicyclic amines) is 1. The third kappa shape index (κ3) is 3.68. The number of nitrogens with zero attached hydrogens (tertiary/aromatic N) is 2. The lowest BCUT2D eigenvalue weighted by molar-refractivity contribution is -0.0499. The number of halogens is 2. The predicted octanol–water partition coefficient (Wildman–Crippen LogP) is 1.03. The van der Waals surface area contributed by atoms with Gasteiger partial charge >= 0.3 is 6.61 Å². The van der Waals surface area contributed by atoms with Crippen LogP contribution in [0.5, 0.6) is 5.75 Å². The molecule has 0 radical (unpaired) electrons. The molecule has 1 saturated heterocycles. The highest BCUT2D eigenvalue weighted by Gasteiger charge is 2.35. The summed E-state index contributed by atoms with van der Waals surface area (Å²) < 4.78 is 28.7. The molecular weight excluding hydrogens is 282 g/mol. The molecule has 2 rings (SSSR count). The van der Waals surface area contributed by atoms with Gasteiger partial charge in [0, 0.05) is 18.7 Å². The highest BCUT2D eigenvalue weighted by molar-refractivity contribution is 5.94. The maximum atomic E-state index is 12.4. The number of benzene rings is 1. The highest BCUT2D eigenvalue weighted by Crippen LogP contribution is 2.20. The Morgan fingerprint density at radius 2 is 2.14 bits per heavy atom. The minimum Gasteiger partial charge on any atom is -0.435 e. The van der Waals surface area contributed by atoms with E-state index < -0.39 is 12.7 Å². The van der Waals surface area contributed by atoms with Crippen molar-refractivity contribution >= 4 is 5.91 Å². The van der Waals surface area contributed by atoms with Gasteiger partial charge in [0.05, 0.1) is 12.1 Å². The molecule has 0 bridgehead atoms. The third-order valence-corrected chi connectivity index (χ3v) is 3.52. The van der Waals surface area contributed by atoms with Crippen LogP contribution in [0.25, 0.3) is 0 Å².